The number of hydrogen-bond acceptors (Lipinski definition) is 7. The van der Waals surface area contributed by atoms with Gasteiger partial charge in [0, 0.05) is 17.2 Å². The van der Waals surface area contributed by atoms with Crippen molar-refractivity contribution >= 4 is 40.7 Å². The van der Waals surface area contributed by atoms with Gasteiger partial charge >= 0.3 is 5.97 Å². The topological polar surface area (TPSA) is 104 Å². The number of esters is 1. The molecule has 2 aromatic carbocycles. The van der Waals surface area contributed by atoms with E-state index in [2.05, 4.69) is 4.99 Å². The number of nitrogens with zero attached hydrogens (tertiary/aromatic N) is 3. The van der Waals surface area contributed by atoms with Crippen molar-refractivity contribution in [2.75, 3.05) is 6.61 Å². The van der Waals surface area contributed by atoms with Crippen molar-refractivity contribution in [2.45, 2.75) is 19.9 Å². The average Bonchev–Trinajstić information content (AvgIpc) is 3.08. The molecule has 0 aliphatic carbocycles. The zero-order valence-electron chi connectivity index (χ0n) is 17.6. The normalized spacial score (nSPS) is 15.7. The molecular formula is C23H18ClN3O5S. The van der Waals surface area contributed by atoms with E-state index in [0.717, 1.165) is 0 Å². The molecule has 168 valence electrons. The van der Waals surface area contributed by atoms with Crippen LogP contribution in [0.4, 0.5) is 5.69 Å². The van der Waals surface area contributed by atoms with Crippen LogP contribution in [0.5, 0.6) is 0 Å². The SMILES string of the molecule is CCOC(=O)C1=C(C)N=c2sc(=Cc3ccc([N+](=O)[O-])cc3)c(=O)n2C1c1ccc(Cl)cc1. The number of thiazole rings is 1. The Balaban J connectivity index is 1.90. The Morgan fingerprint density at radius 2 is 1.91 bits per heavy atom. The summed E-state index contributed by atoms with van der Waals surface area (Å²) in [6.07, 6.45) is 1.65. The van der Waals surface area contributed by atoms with Crippen LogP contribution in [0.25, 0.3) is 6.08 Å². The number of benzene rings is 2. The van der Waals surface area contributed by atoms with E-state index in [-0.39, 0.29) is 23.4 Å². The summed E-state index contributed by atoms with van der Waals surface area (Å²) in [6, 6.07) is 12.1. The molecule has 3 aromatic rings. The third-order valence-corrected chi connectivity index (χ3v) is 6.34. The van der Waals surface area contributed by atoms with E-state index in [0.29, 0.717) is 31.2 Å². The van der Waals surface area contributed by atoms with Gasteiger partial charge in [-0.2, -0.15) is 0 Å². The van der Waals surface area contributed by atoms with Crippen molar-refractivity contribution in [1.29, 1.82) is 0 Å². The summed E-state index contributed by atoms with van der Waals surface area (Å²) in [5.74, 6) is -0.539. The Kier molecular flexibility index (Phi) is 6.26. The fourth-order valence-corrected chi connectivity index (χ4v) is 4.77. The maximum Gasteiger partial charge on any atom is 0.338 e. The van der Waals surface area contributed by atoms with Crippen molar-refractivity contribution in [1.82, 2.24) is 4.57 Å². The Labute approximate surface area is 196 Å². The first kappa shape index (κ1) is 22.6. The number of non-ortho nitro benzene ring substituents is 1. The van der Waals surface area contributed by atoms with Gasteiger partial charge < -0.3 is 4.74 Å². The molecule has 8 nitrogen and oxygen atoms in total. The predicted octanol–water partition coefficient (Wildman–Crippen LogP) is 3.36. The van der Waals surface area contributed by atoms with Crippen molar-refractivity contribution in [3.05, 3.63) is 106 Å². The third kappa shape index (κ3) is 4.37. The minimum atomic E-state index is -0.725. The van der Waals surface area contributed by atoms with Gasteiger partial charge in [0.25, 0.3) is 11.2 Å². The number of hydrogen-bond donors (Lipinski definition) is 0. The molecule has 2 heterocycles. The molecule has 1 aromatic heterocycles. The summed E-state index contributed by atoms with van der Waals surface area (Å²) in [7, 11) is 0. The van der Waals surface area contributed by atoms with E-state index >= 15 is 0 Å². The number of halogens is 1. The molecule has 1 atom stereocenters. The highest BCUT2D eigenvalue weighted by atomic mass is 35.5. The van der Waals surface area contributed by atoms with Gasteiger partial charge in [0.1, 0.15) is 0 Å². The molecule has 0 radical (unpaired) electrons. The summed E-state index contributed by atoms with van der Waals surface area (Å²) in [5.41, 5.74) is 1.72. The average molecular weight is 484 g/mol. The standard InChI is InChI=1S/C23H18ClN3O5S/c1-3-32-22(29)19-13(2)25-23-26(20(19)15-6-8-16(24)9-7-15)21(28)18(33-23)12-14-4-10-17(11-5-14)27(30)31/h4-12,20H,3H2,1-2H3. The number of nitro benzene ring substituents is 1. The van der Waals surface area contributed by atoms with Gasteiger partial charge in [-0.3, -0.25) is 19.5 Å². The van der Waals surface area contributed by atoms with Gasteiger partial charge in [-0.1, -0.05) is 35.1 Å². The minimum Gasteiger partial charge on any atom is -0.463 e. The highest BCUT2D eigenvalue weighted by Crippen LogP contribution is 2.31. The highest BCUT2D eigenvalue weighted by Gasteiger charge is 2.33. The lowest BCUT2D eigenvalue weighted by Gasteiger charge is -2.24. The first-order chi connectivity index (χ1) is 15.8. The summed E-state index contributed by atoms with van der Waals surface area (Å²) in [6.45, 7) is 3.61. The minimum absolute atomic E-state index is 0.0361. The molecule has 1 aliphatic heterocycles. The number of allylic oxidation sites excluding steroid dienone is 1. The largest absolute Gasteiger partial charge is 0.463 e. The number of fused-ring (bicyclic) bond motifs is 1. The molecule has 1 unspecified atom stereocenters. The van der Waals surface area contributed by atoms with E-state index < -0.39 is 16.9 Å². The van der Waals surface area contributed by atoms with E-state index in [1.165, 1.54) is 28.0 Å². The number of rotatable bonds is 5. The zero-order valence-corrected chi connectivity index (χ0v) is 19.2. The quantitative estimate of drug-likeness (QED) is 0.314. The molecule has 0 N–H and O–H groups in total. The van der Waals surface area contributed by atoms with Crippen LogP contribution in [0.2, 0.25) is 5.02 Å². The maximum atomic E-state index is 13.4. The Morgan fingerprint density at radius 3 is 2.52 bits per heavy atom. The summed E-state index contributed by atoms with van der Waals surface area (Å²) in [4.78, 5) is 41.6. The molecule has 33 heavy (non-hydrogen) atoms. The van der Waals surface area contributed by atoms with E-state index in [4.69, 9.17) is 16.3 Å². The number of carbonyl (C=O) groups is 1. The third-order valence-electron chi connectivity index (χ3n) is 5.10. The molecular weight excluding hydrogens is 466 g/mol. The van der Waals surface area contributed by atoms with E-state index in [1.807, 2.05) is 0 Å². The van der Waals surface area contributed by atoms with Gasteiger partial charge in [0.2, 0.25) is 0 Å². The maximum absolute atomic E-state index is 13.4. The van der Waals surface area contributed by atoms with Crippen LogP contribution >= 0.6 is 22.9 Å². The molecule has 4 rings (SSSR count). The fraction of sp³-hybridized carbons (Fsp3) is 0.174. The van der Waals surface area contributed by atoms with Gasteiger partial charge in [0.15, 0.2) is 4.80 Å². The zero-order chi connectivity index (χ0) is 23.7. The number of carbonyl (C=O) groups excluding carboxylic acids is 1. The lowest BCUT2D eigenvalue weighted by Crippen LogP contribution is -2.39. The van der Waals surface area contributed by atoms with Crippen LogP contribution in [-0.4, -0.2) is 22.1 Å². The smallest absolute Gasteiger partial charge is 0.338 e. The van der Waals surface area contributed by atoms with Crippen molar-refractivity contribution < 1.29 is 14.5 Å². The van der Waals surface area contributed by atoms with Gasteiger partial charge in [-0.15, -0.1) is 0 Å². The summed E-state index contributed by atoms with van der Waals surface area (Å²) < 4.78 is 7.12. The molecule has 0 amide bonds. The van der Waals surface area contributed by atoms with Crippen LogP contribution in [0, 0.1) is 10.1 Å². The molecule has 0 spiro atoms. The molecule has 0 saturated heterocycles. The molecule has 1 aliphatic rings. The summed E-state index contributed by atoms with van der Waals surface area (Å²) >= 11 is 7.23. The van der Waals surface area contributed by atoms with E-state index in [9.17, 15) is 19.7 Å². The van der Waals surface area contributed by atoms with Crippen LogP contribution in [0.1, 0.15) is 31.0 Å². The van der Waals surface area contributed by atoms with Crippen LogP contribution in [0.3, 0.4) is 0 Å². The Hall–Kier alpha value is -3.56. The number of aromatic nitrogens is 1. The first-order valence-corrected chi connectivity index (χ1v) is 11.2. The van der Waals surface area contributed by atoms with Crippen molar-refractivity contribution in [3.8, 4) is 0 Å². The van der Waals surface area contributed by atoms with Gasteiger partial charge in [-0.25, -0.2) is 9.79 Å². The second-order valence-electron chi connectivity index (χ2n) is 7.20. The second-order valence-corrected chi connectivity index (χ2v) is 8.65. The molecule has 0 fully saturated rings. The van der Waals surface area contributed by atoms with Crippen LogP contribution in [0.15, 0.2) is 69.6 Å². The lowest BCUT2D eigenvalue weighted by molar-refractivity contribution is -0.384. The van der Waals surface area contributed by atoms with E-state index in [1.54, 1.807) is 56.3 Å². The van der Waals surface area contributed by atoms with Crippen molar-refractivity contribution in [3.63, 3.8) is 0 Å². The monoisotopic (exact) mass is 483 g/mol. The Bertz CT molecular complexity index is 1450. The lowest BCUT2D eigenvalue weighted by atomic mass is 9.96. The highest BCUT2D eigenvalue weighted by molar-refractivity contribution is 7.07. The molecule has 0 bridgehead atoms. The Morgan fingerprint density at radius 1 is 1.24 bits per heavy atom. The van der Waals surface area contributed by atoms with Crippen LogP contribution < -0.4 is 14.9 Å². The second kappa shape index (κ2) is 9.13. The molecule has 0 saturated carbocycles. The fourth-order valence-electron chi connectivity index (χ4n) is 3.60. The van der Waals surface area contributed by atoms with Crippen LogP contribution in [-0.2, 0) is 9.53 Å². The van der Waals surface area contributed by atoms with Gasteiger partial charge in [0.05, 0.1) is 33.4 Å². The number of nitro groups is 1. The number of ether oxygens (including phenoxy) is 1. The first-order valence-electron chi connectivity index (χ1n) is 9.99. The molecule has 10 heteroatoms. The van der Waals surface area contributed by atoms with Crippen molar-refractivity contribution in [2.24, 2.45) is 4.99 Å². The predicted molar refractivity (Wildman–Crippen MR) is 125 cm³/mol. The summed E-state index contributed by atoms with van der Waals surface area (Å²) in [5, 5.41) is 11.4. The van der Waals surface area contributed by atoms with Gasteiger partial charge in [-0.05, 0) is 55.3 Å².